The van der Waals surface area contributed by atoms with Crippen LogP contribution in [0.1, 0.15) is 11.1 Å². The van der Waals surface area contributed by atoms with E-state index in [0.29, 0.717) is 43.0 Å². The first-order valence-electron chi connectivity index (χ1n) is 12.4. The van der Waals surface area contributed by atoms with Gasteiger partial charge in [0, 0.05) is 12.2 Å². The second kappa shape index (κ2) is 14.3. The summed E-state index contributed by atoms with van der Waals surface area (Å²) in [5.41, 5.74) is 4.08. The van der Waals surface area contributed by atoms with Gasteiger partial charge in [0.15, 0.2) is 0 Å². The van der Waals surface area contributed by atoms with E-state index in [9.17, 15) is 9.59 Å². The Kier molecular flexibility index (Phi) is 10.6. The van der Waals surface area contributed by atoms with Crippen LogP contribution < -0.4 is 20.1 Å². The van der Waals surface area contributed by atoms with E-state index in [1.54, 1.807) is 72.8 Å². The number of amides is 2. The number of nitrogens with one attached hydrogen (secondary N) is 2. The maximum atomic E-state index is 12.5. The van der Waals surface area contributed by atoms with E-state index < -0.39 is 0 Å². The molecule has 2 amide bonds. The lowest BCUT2D eigenvalue weighted by molar-refractivity contribution is -0.112. The van der Waals surface area contributed by atoms with E-state index >= 15 is 0 Å². The highest BCUT2D eigenvalue weighted by molar-refractivity contribution is 6.42. The van der Waals surface area contributed by atoms with Crippen molar-refractivity contribution >= 4 is 81.7 Å². The third kappa shape index (κ3) is 8.08. The van der Waals surface area contributed by atoms with E-state index in [0.717, 1.165) is 22.3 Å². The van der Waals surface area contributed by atoms with E-state index in [-0.39, 0.29) is 11.8 Å². The van der Waals surface area contributed by atoms with Gasteiger partial charge in [0.25, 0.3) is 0 Å². The van der Waals surface area contributed by atoms with Crippen LogP contribution in [0.25, 0.3) is 23.3 Å². The van der Waals surface area contributed by atoms with Crippen molar-refractivity contribution in [1.82, 2.24) is 0 Å². The molecule has 0 fully saturated rings. The molecule has 0 aliphatic rings. The first kappa shape index (κ1) is 31.0. The minimum atomic E-state index is -0.345. The molecule has 0 aliphatic carbocycles. The summed E-state index contributed by atoms with van der Waals surface area (Å²) < 4.78 is 11.1. The van der Waals surface area contributed by atoms with Crippen molar-refractivity contribution in [2.75, 3.05) is 24.9 Å². The summed E-state index contributed by atoms with van der Waals surface area (Å²) >= 11 is 24.0. The second-order valence-electron chi connectivity index (χ2n) is 8.82. The second-order valence-corrected chi connectivity index (χ2v) is 10.5. The predicted molar refractivity (Wildman–Crippen MR) is 173 cm³/mol. The summed E-state index contributed by atoms with van der Waals surface area (Å²) in [5, 5.41) is 7.32. The third-order valence-electron chi connectivity index (χ3n) is 5.99. The van der Waals surface area contributed by atoms with E-state index in [4.69, 9.17) is 55.9 Å². The summed E-state index contributed by atoms with van der Waals surface area (Å²) in [5.74, 6) is 0.240. The average Bonchev–Trinajstić information content (AvgIpc) is 2.98. The van der Waals surface area contributed by atoms with Gasteiger partial charge in [-0.1, -0.05) is 70.7 Å². The molecule has 0 saturated carbocycles. The molecule has 4 aromatic rings. The van der Waals surface area contributed by atoms with Crippen LogP contribution in [-0.4, -0.2) is 26.0 Å². The molecule has 6 nitrogen and oxygen atoms in total. The number of benzene rings is 4. The smallest absolute Gasteiger partial charge is 0.248 e. The minimum absolute atomic E-state index is 0.345. The normalized spacial score (nSPS) is 11.1. The van der Waals surface area contributed by atoms with Crippen molar-refractivity contribution in [3.05, 3.63) is 116 Å². The van der Waals surface area contributed by atoms with Crippen LogP contribution in [-0.2, 0) is 9.59 Å². The molecule has 0 unspecified atom stereocenters. The molecular weight excluding hydrogens is 618 g/mol. The summed E-state index contributed by atoms with van der Waals surface area (Å²) in [7, 11) is 3.04. The van der Waals surface area contributed by atoms with Crippen LogP contribution in [0, 0.1) is 0 Å². The van der Waals surface area contributed by atoms with E-state index in [2.05, 4.69) is 10.6 Å². The van der Waals surface area contributed by atoms with Crippen molar-refractivity contribution < 1.29 is 19.1 Å². The number of hydrogen-bond donors (Lipinski definition) is 2. The Morgan fingerprint density at radius 3 is 1.33 bits per heavy atom. The van der Waals surface area contributed by atoms with Crippen LogP contribution in [0.2, 0.25) is 20.1 Å². The minimum Gasteiger partial charge on any atom is -0.495 e. The van der Waals surface area contributed by atoms with Crippen molar-refractivity contribution in [3.8, 4) is 22.6 Å². The van der Waals surface area contributed by atoms with Crippen molar-refractivity contribution in [2.24, 2.45) is 0 Å². The Hall–Kier alpha value is -3.94. The molecule has 4 aromatic carbocycles. The number of halogens is 4. The molecule has 0 saturated heterocycles. The number of ether oxygens (including phenoxy) is 2. The third-order valence-corrected chi connectivity index (χ3v) is 7.47. The highest BCUT2D eigenvalue weighted by Gasteiger charge is 2.12. The van der Waals surface area contributed by atoms with Gasteiger partial charge in [-0.2, -0.15) is 0 Å². The Morgan fingerprint density at radius 1 is 0.571 bits per heavy atom. The fraction of sp³-hybridized carbons (Fsp3) is 0.0625. The highest BCUT2D eigenvalue weighted by Crippen LogP contribution is 2.35. The van der Waals surface area contributed by atoms with Crippen LogP contribution in [0.5, 0.6) is 11.5 Å². The number of rotatable bonds is 9. The molecule has 0 bridgehead atoms. The Morgan fingerprint density at radius 2 is 0.976 bits per heavy atom. The predicted octanol–water partition coefficient (Wildman–Crippen LogP) is 9.29. The zero-order chi connectivity index (χ0) is 30.2. The van der Waals surface area contributed by atoms with Gasteiger partial charge in [-0.05, 0) is 82.9 Å². The van der Waals surface area contributed by atoms with Gasteiger partial charge in [0.1, 0.15) is 11.5 Å². The lowest BCUT2D eigenvalue weighted by Gasteiger charge is -2.14. The van der Waals surface area contributed by atoms with Crippen LogP contribution in [0.4, 0.5) is 11.4 Å². The van der Waals surface area contributed by atoms with Gasteiger partial charge >= 0.3 is 0 Å². The van der Waals surface area contributed by atoms with Gasteiger partial charge in [0.2, 0.25) is 11.8 Å². The zero-order valence-corrected chi connectivity index (χ0v) is 25.4. The fourth-order valence-electron chi connectivity index (χ4n) is 3.87. The zero-order valence-electron chi connectivity index (χ0n) is 22.4. The Bertz CT molecular complexity index is 1580. The highest BCUT2D eigenvalue weighted by atomic mass is 35.5. The number of carbonyl (C=O) groups excluding carboxylic acids is 2. The SMILES string of the molecule is COc1cc(-c2ccc(NC(=O)C=Cc3ccc(Cl)c(Cl)c3)c(OC)c2)ccc1NC(=O)C=Cc1ccc(Cl)c(Cl)c1. The molecule has 10 heteroatoms. The average molecular weight is 642 g/mol. The first-order chi connectivity index (χ1) is 20.2. The molecule has 0 heterocycles. The molecule has 0 radical (unpaired) electrons. The lowest BCUT2D eigenvalue weighted by atomic mass is 10.0. The van der Waals surface area contributed by atoms with Crippen LogP contribution >= 0.6 is 46.4 Å². The summed E-state index contributed by atoms with van der Waals surface area (Å²) in [6.45, 7) is 0. The van der Waals surface area contributed by atoms with Crippen LogP contribution in [0.3, 0.4) is 0 Å². The Labute approximate surface area is 263 Å². The topological polar surface area (TPSA) is 76.7 Å². The number of carbonyl (C=O) groups is 2. The van der Waals surface area contributed by atoms with Crippen molar-refractivity contribution in [1.29, 1.82) is 0 Å². The molecule has 2 N–H and O–H groups in total. The molecule has 42 heavy (non-hydrogen) atoms. The largest absolute Gasteiger partial charge is 0.495 e. The maximum Gasteiger partial charge on any atom is 0.248 e. The maximum absolute atomic E-state index is 12.5. The monoisotopic (exact) mass is 640 g/mol. The number of methoxy groups -OCH3 is 2. The Balaban J connectivity index is 1.46. The lowest BCUT2D eigenvalue weighted by Crippen LogP contribution is -2.09. The van der Waals surface area contributed by atoms with E-state index in [1.165, 1.54) is 26.4 Å². The molecular formula is C32H24Cl4N2O4. The summed E-state index contributed by atoms with van der Waals surface area (Å²) in [6, 6.07) is 20.9. The van der Waals surface area contributed by atoms with Gasteiger partial charge in [0.05, 0.1) is 45.7 Å². The number of anilines is 2. The van der Waals surface area contributed by atoms with Crippen molar-refractivity contribution in [2.45, 2.75) is 0 Å². The first-order valence-corrected chi connectivity index (χ1v) is 13.9. The molecule has 0 aromatic heterocycles. The molecule has 214 valence electrons. The van der Waals surface area contributed by atoms with Crippen LogP contribution in [0.15, 0.2) is 84.9 Å². The van der Waals surface area contributed by atoms with Gasteiger partial charge in [-0.15, -0.1) is 0 Å². The summed E-state index contributed by atoms with van der Waals surface area (Å²) in [6.07, 6.45) is 6.05. The fourth-order valence-corrected chi connectivity index (χ4v) is 4.49. The number of hydrogen-bond acceptors (Lipinski definition) is 4. The molecule has 0 atom stereocenters. The van der Waals surface area contributed by atoms with E-state index in [1.807, 2.05) is 12.1 Å². The van der Waals surface area contributed by atoms with Gasteiger partial charge in [-0.3, -0.25) is 9.59 Å². The standard InChI is InChI=1S/C32H24Cl4N2O4/c1-41-29-17-21(7-11-27(29)37-31(39)13-5-19-3-9-23(33)25(35)15-19)22-8-12-28(30(18-22)42-2)38-32(40)14-6-20-4-10-24(34)26(36)16-20/h3-18H,1-2H3,(H,37,39)(H,38,40). The molecule has 0 spiro atoms. The molecule has 4 rings (SSSR count). The van der Waals surface area contributed by atoms with Gasteiger partial charge in [-0.25, -0.2) is 0 Å². The summed E-state index contributed by atoms with van der Waals surface area (Å²) in [4.78, 5) is 25.1. The van der Waals surface area contributed by atoms with Gasteiger partial charge < -0.3 is 20.1 Å². The van der Waals surface area contributed by atoms with Crippen molar-refractivity contribution in [3.63, 3.8) is 0 Å². The quantitative estimate of drug-likeness (QED) is 0.179. The molecule has 0 aliphatic heterocycles.